The number of pyridine rings is 1. The molecule has 3 aromatic rings. The monoisotopic (exact) mass is 441 g/mol. The number of amides is 1. The number of aliphatic carboxylic acids is 1. The van der Waals surface area contributed by atoms with Crippen LogP contribution in [0.25, 0.3) is 0 Å². The molecule has 2 N–H and O–H groups in total. The lowest BCUT2D eigenvalue weighted by Crippen LogP contribution is -2.33. The normalized spacial score (nSPS) is 13.8. The third kappa shape index (κ3) is 4.93. The number of anilines is 1. The Kier molecular flexibility index (Phi) is 6.31. The van der Waals surface area contributed by atoms with Gasteiger partial charge in [-0.05, 0) is 49.4 Å². The number of hydrogen-bond acceptors (Lipinski definition) is 6. The average molecular weight is 442 g/mol. The minimum absolute atomic E-state index is 0.0564. The highest BCUT2D eigenvalue weighted by molar-refractivity contribution is 7.14. The number of fused-ring (bicyclic) bond motifs is 1. The van der Waals surface area contributed by atoms with Gasteiger partial charge in [0.05, 0.1) is 24.9 Å². The highest BCUT2D eigenvalue weighted by Crippen LogP contribution is 2.22. The summed E-state index contributed by atoms with van der Waals surface area (Å²) in [6.07, 6.45) is 7.22. The van der Waals surface area contributed by atoms with Crippen molar-refractivity contribution in [3.8, 4) is 0 Å². The third-order valence-corrected chi connectivity index (χ3v) is 6.15. The van der Waals surface area contributed by atoms with Crippen LogP contribution in [0.5, 0.6) is 0 Å². The Morgan fingerprint density at radius 3 is 2.77 bits per heavy atom. The summed E-state index contributed by atoms with van der Waals surface area (Å²) in [5.74, 6) is -0.882. The highest BCUT2D eigenvalue weighted by atomic mass is 32.1. The Balaban J connectivity index is 1.68. The fraction of sp³-hybridized carbons (Fsp3) is 0.364. The zero-order valence-electron chi connectivity index (χ0n) is 16.9. The van der Waals surface area contributed by atoms with Gasteiger partial charge in [-0.3, -0.25) is 19.7 Å². The van der Waals surface area contributed by atoms with Crippen molar-refractivity contribution in [1.29, 1.82) is 0 Å². The number of aromatic nitrogens is 2. The van der Waals surface area contributed by atoms with Gasteiger partial charge in [-0.2, -0.15) is 0 Å². The number of hydrogen-bond donors (Lipinski definition) is 2. The third-order valence-electron chi connectivity index (χ3n) is 5.34. The summed E-state index contributed by atoms with van der Waals surface area (Å²) in [5, 5.41) is 13.4. The number of rotatable bonds is 6. The molecular weight excluding hydrogens is 418 g/mol. The second kappa shape index (κ2) is 9.30. The smallest absolute Gasteiger partial charge is 0.309 e. The topological polar surface area (TPSA) is 114 Å². The van der Waals surface area contributed by atoms with E-state index in [9.17, 15) is 14.4 Å². The molecule has 8 nitrogen and oxygen atoms in total. The largest absolute Gasteiger partial charge is 0.481 e. The van der Waals surface area contributed by atoms with Gasteiger partial charge in [0.15, 0.2) is 5.13 Å². The number of carboxylic acids is 1. The number of nitrogens with one attached hydrogen (secondary N) is 1. The minimum atomic E-state index is -0.995. The molecule has 4 rings (SSSR count). The van der Waals surface area contributed by atoms with Crippen LogP contribution in [0.2, 0.25) is 0 Å². The van der Waals surface area contributed by atoms with E-state index in [1.807, 2.05) is 6.07 Å². The van der Waals surface area contributed by atoms with Gasteiger partial charge in [-0.15, -0.1) is 11.3 Å². The maximum absolute atomic E-state index is 13.3. The molecule has 1 amide bonds. The Bertz CT molecular complexity index is 1150. The van der Waals surface area contributed by atoms with Crippen LogP contribution in [0.4, 0.5) is 5.13 Å². The van der Waals surface area contributed by atoms with Gasteiger partial charge in [-0.25, -0.2) is 4.98 Å². The van der Waals surface area contributed by atoms with E-state index in [4.69, 9.17) is 9.52 Å². The number of carbonyl (C=O) groups excluding carboxylic acids is 1. The lowest BCUT2D eigenvalue weighted by atomic mass is 9.95. The molecule has 3 aromatic heterocycles. The SMILES string of the molecule is O=C(O)Cc1csc(NC(=O)c2cc3c(n(Cc4ccco4)c2=O)CCCCCC3)n1. The first-order valence-corrected chi connectivity index (χ1v) is 11.1. The van der Waals surface area contributed by atoms with Crippen LogP contribution in [0.15, 0.2) is 39.1 Å². The fourth-order valence-electron chi connectivity index (χ4n) is 3.89. The Labute approximate surface area is 182 Å². The van der Waals surface area contributed by atoms with Crippen LogP contribution >= 0.6 is 11.3 Å². The van der Waals surface area contributed by atoms with Crippen molar-refractivity contribution in [2.45, 2.75) is 51.5 Å². The van der Waals surface area contributed by atoms with Crippen molar-refractivity contribution in [3.05, 3.63) is 68.5 Å². The molecule has 0 fully saturated rings. The number of carboxylic acid groups (broad SMARTS) is 1. The minimum Gasteiger partial charge on any atom is -0.481 e. The molecule has 0 saturated heterocycles. The number of carbonyl (C=O) groups is 2. The van der Waals surface area contributed by atoms with Gasteiger partial charge in [0.1, 0.15) is 11.3 Å². The zero-order chi connectivity index (χ0) is 21.8. The van der Waals surface area contributed by atoms with Crippen LogP contribution in [0.3, 0.4) is 0 Å². The predicted molar refractivity (Wildman–Crippen MR) is 116 cm³/mol. The molecule has 31 heavy (non-hydrogen) atoms. The van der Waals surface area contributed by atoms with Crippen LogP contribution in [0, 0.1) is 0 Å². The lowest BCUT2D eigenvalue weighted by molar-refractivity contribution is -0.136. The van der Waals surface area contributed by atoms with Gasteiger partial charge >= 0.3 is 5.97 Å². The summed E-state index contributed by atoms with van der Waals surface area (Å²) in [7, 11) is 0. The van der Waals surface area contributed by atoms with Crippen molar-refractivity contribution in [1.82, 2.24) is 9.55 Å². The summed E-state index contributed by atoms with van der Waals surface area (Å²) in [6.45, 7) is 0.273. The van der Waals surface area contributed by atoms with E-state index >= 15 is 0 Å². The highest BCUT2D eigenvalue weighted by Gasteiger charge is 2.21. The van der Waals surface area contributed by atoms with Crippen molar-refractivity contribution >= 4 is 28.3 Å². The molecule has 0 bridgehead atoms. The second-order valence-electron chi connectivity index (χ2n) is 7.58. The van der Waals surface area contributed by atoms with Gasteiger partial charge in [-0.1, -0.05) is 12.8 Å². The van der Waals surface area contributed by atoms with E-state index in [1.54, 1.807) is 28.3 Å². The molecule has 0 atom stereocenters. The molecule has 1 aliphatic carbocycles. The maximum Gasteiger partial charge on any atom is 0.309 e. The molecule has 0 saturated carbocycles. The fourth-order valence-corrected chi connectivity index (χ4v) is 4.59. The lowest BCUT2D eigenvalue weighted by Gasteiger charge is -2.20. The molecule has 0 aromatic carbocycles. The van der Waals surface area contributed by atoms with Gasteiger partial charge in [0, 0.05) is 11.1 Å². The van der Waals surface area contributed by atoms with Crippen molar-refractivity contribution < 1.29 is 19.1 Å². The van der Waals surface area contributed by atoms with Crippen LogP contribution in [-0.2, 0) is 30.6 Å². The molecule has 3 heterocycles. The van der Waals surface area contributed by atoms with E-state index in [-0.39, 0.29) is 29.2 Å². The second-order valence-corrected chi connectivity index (χ2v) is 8.44. The van der Waals surface area contributed by atoms with Crippen molar-refractivity contribution in [2.75, 3.05) is 5.32 Å². The average Bonchev–Trinajstić information content (AvgIpc) is 3.36. The number of nitrogens with zero attached hydrogens (tertiary/aromatic N) is 2. The molecule has 0 aliphatic heterocycles. The van der Waals surface area contributed by atoms with Crippen LogP contribution in [0.1, 0.15) is 58.8 Å². The van der Waals surface area contributed by atoms with Crippen LogP contribution < -0.4 is 10.9 Å². The molecule has 162 valence electrons. The molecule has 0 spiro atoms. The van der Waals surface area contributed by atoms with Gasteiger partial charge < -0.3 is 14.1 Å². The van der Waals surface area contributed by atoms with E-state index < -0.39 is 11.9 Å². The number of furan rings is 1. The van der Waals surface area contributed by atoms with E-state index in [2.05, 4.69) is 10.3 Å². The zero-order valence-corrected chi connectivity index (χ0v) is 17.7. The Morgan fingerprint density at radius 2 is 2.03 bits per heavy atom. The van der Waals surface area contributed by atoms with Gasteiger partial charge in [0.2, 0.25) is 0 Å². The van der Waals surface area contributed by atoms with Crippen molar-refractivity contribution in [2.24, 2.45) is 0 Å². The number of thiazole rings is 1. The summed E-state index contributed by atoms with van der Waals surface area (Å²) < 4.78 is 7.11. The molecular formula is C22H23N3O5S. The molecule has 1 aliphatic rings. The summed E-state index contributed by atoms with van der Waals surface area (Å²) >= 11 is 1.13. The predicted octanol–water partition coefficient (Wildman–Crippen LogP) is 3.48. The Morgan fingerprint density at radius 1 is 1.23 bits per heavy atom. The first-order valence-electron chi connectivity index (χ1n) is 10.3. The molecule has 0 unspecified atom stereocenters. The van der Waals surface area contributed by atoms with E-state index in [0.29, 0.717) is 11.5 Å². The summed E-state index contributed by atoms with van der Waals surface area (Å²) in [4.78, 5) is 41.3. The molecule has 9 heteroatoms. The standard InChI is InChI=1S/C22H23N3O5S/c26-19(27)11-15-13-31-22(23-15)24-20(28)17-10-14-6-3-1-2-4-8-18(14)25(21(17)29)12-16-7-5-9-30-16/h5,7,9-10,13H,1-4,6,8,11-12H2,(H,26,27)(H,23,24,28). The first-order chi connectivity index (χ1) is 15.0. The number of aryl methyl sites for hydroxylation is 1. The quantitative estimate of drug-likeness (QED) is 0.605. The Hall–Kier alpha value is -3.20. The van der Waals surface area contributed by atoms with Crippen LogP contribution in [-0.4, -0.2) is 26.5 Å². The van der Waals surface area contributed by atoms with E-state index in [0.717, 1.165) is 61.1 Å². The van der Waals surface area contributed by atoms with E-state index in [1.165, 1.54) is 0 Å². The summed E-state index contributed by atoms with van der Waals surface area (Å²) in [6, 6.07) is 5.30. The van der Waals surface area contributed by atoms with Crippen molar-refractivity contribution in [3.63, 3.8) is 0 Å². The molecule has 0 radical (unpaired) electrons. The maximum atomic E-state index is 13.3. The van der Waals surface area contributed by atoms with Gasteiger partial charge in [0.25, 0.3) is 11.5 Å². The first kappa shape index (κ1) is 21.0. The summed E-state index contributed by atoms with van der Waals surface area (Å²) in [5.41, 5.74) is 2.04.